The number of nitrogens with zero attached hydrogens (tertiary/aromatic N) is 1. The summed E-state index contributed by atoms with van der Waals surface area (Å²) >= 11 is 1.38. The maximum Gasteiger partial charge on any atom is 0.234 e. The molecule has 1 aliphatic rings. The molecule has 0 aliphatic carbocycles. The number of carbonyl (C=O) groups is 2. The van der Waals surface area contributed by atoms with Gasteiger partial charge in [-0.15, -0.1) is 11.8 Å². The molecule has 0 spiro atoms. The molecule has 1 aliphatic heterocycles. The topological polar surface area (TPSA) is 49.4 Å². The first-order chi connectivity index (χ1) is 10.1. The van der Waals surface area contributed by atoms with Gasteiger partial charge in [0.25, 0.3) is 0 Å². The lowest BCUT2D eigenvalue weighted by atomic mass is 10.1. The molecule has 0 atom stereocenters. The van der Waals surface area contributed by atoms with Crippen molar-refractivity contribution in [2.45, 2.75) is 26.2 Å². The lowest BCUT2D eigenvalue weighted by Gasteiger charge is -2.26. The Balaban J connectivity index is 1.66. The van der Waals surface area contributed by atoms with Crippen molar-refractivity contribution < 1.29 is 9.59 Å². The minimum Gasteiger partial charge on any atom is -0.342 e. The van der Waals surface area contributed by atoms with Crippen molar-refractivity contribution in [2.75, 3.05) is 29.9 Å². The van der Waals surface area contributed by atoms with Crippen LogP contribution in [0.15, 0.2) is 24.3 Å². The molecule has 1 saturated heterocycles. The van der Waals surface area contributed by atoms with Crippen LogP contribution in [0.3, 0.4) is 0 Å². The molecule has 0 radical (unpaired) electrons. The van der Waals surface area contributed by atoms with Crippen molar-refractivity contribution in [2.24, 2.45) is 0 Å². The lowest BCUT2D eigenvalue weighted by molar-refractivity contribution is -0.129. The van der Waals surface area contributed by atoms with Crippen LogP contribution in [-0.2, 0) is 9.59 Å². The Hall–Kier alpha value is -1.49. The van der Waals surface area contributed by atoms with E-state index in [1.54, 1.807) is 0 Å². The Morgan fingerprint density at radius 2 is 1.76 bits per heavy atom. The van der Waals surface area contributed by atoms with Crippen LogP contribution in [0.4, 0.5) is 5.69 Å². The van der Waals surface area contributed by atoms with Crippen LogP contribution in [0.25, 0.3) is 0 Å². The molecule has 1 heterocycles. The van der Waals surface area contributed by atoms with Crippen LogP contribution in [0.2, 0.25) is 0 Å². The summed E-state index contributed by atoms with van der Waals surface area (Å²) in [5.74, 6) is 0.799. The zero-order chi connectivity index (χ0) is 15.1. The van der Waals surface area contributed by atoms with Crippen molar-refractivity contribution in [1.82, 2.24) is 4.90 Å². The van der Waals surface area contributed by atoms with E-state index in [0.29, 0.717) is 11.5 Å². The van der Waals surface area contributed by atoms with E-state index in [9.17, 15) is 9.59 Å². The van der Waals surface area contributed by atoms with Crippen LogP contribution in [0.5, 0.6) is 0 Å². The Kier molecular flexibility index (Phi) is 6.11. The largest absolute Gasteiger partial charge is 0.342 e. The van der Waals surface area contributed by atoms with Gasteiger partial charge in [0, 0.05) is 18.8 Å². The molecule has 2 rings (SSSR count). The van der Waals surface area contributed by atoms with Crippen molar-refractivity contribution in [3.63, 3.8) is 0 Å². The van der Waals surface area contributed by atoms with Crippen molar-refractivity contribution in [1.29, 1.82) is 0 Å². The van der Waals surface area contributed by atoms with Gasteiger partial charge in [-0.3, -0.25) is 9.59 Å². The SMILES string of the molecule is Cc1ccc(NC(=O)CSCC(=O)N2CCCCC2)cc1. The summed E-state index contributed by atoms with van der Waals surface area (Å²) in [5.41, 5.74) is 1.96. The normalized spacial score (nSPS) is 14.8. The monoisotopic (exact) mass is 306 g/mol. The van der Waals surface area contributed by atoms with Gasteiger partial charge in [0.1, 0.15) is 0 Å². The predicted octanol–water partition coefficient (Wildman–Crippen LogP) is 2.68. The molecular weight excluding hydrogens is 284 g/mol. The molecule has 1 aromatic rings. The minimum atomic E-state index is -0.0599. The average Bonchev–Trinajstić information content (AvgIpc) is 2.50. The maximum atomic E-state index is 11.9. The second-order valence-corrected chi connectivity index (χ2v) is 6.33. The molecule has 21 heavy (non-hydrogen) atoms. The number of hydrogen-bond acceptors (Lipinski definition) is 3. The standard InChI is InChI=1S/C16H22N2O2S/c1-13-5-7-14(8-6-13)17-15(19)11-21-12-16(20)18-9-3-2-4-10-18/h5-8H,2-4,9-12H2,1H3,(H,17,19). The van der Waals surface area contributed by atoms with E-state index in [-0.39, 0.29) is 11.8 Å². The number of nitrogens with one attached hydrogen (secondary N) is 1. The molecule has 1 aromatic carbocycles. The number of rotatable bonds is 5. The molecule has 1 fully saturated rings. The molecular formula is C16H22N2O2S. The lowest BCUT2D eigenvalue weighted by Crippen LogP contribution is -2.37. The van der Waals surface area contributed by atoms with Gasteiger partial charge in [-0.05, 0) is 38.3 Å². The fourth-order valence-electron chi connectivity index (χ4n) is 2.30. The summed E-state index contributed by atoms with van der Waals surface area (Å²) in [5, 5.41) is 2.84. The first kappa shape index (κ1) is 15.9. The van der Waals surface area contributed by atoms with Crippen LogP contribution < -0.4 is 5.32 Å². The quantitative estimate of drug-likeness (QED) is 0.910. The fourth-order valence-corrected chi connectivity index (χ4v) is 3.02. The zero-order valence-corrected chi connectivity index (χ0v) is 13.2. The van der Waals surface area contributed by atoms with Crippen LogP contribution in [0.1, 0.15) is 24.8 Å². The first-order valence-corrected chi connectivity index (χ1v) is 8.52. The van der Waals surface area contributed by atoms with E-state index in [1.807, 2.05) is 36.1 Å². The number of likely N-dealkylation sites (tertiary alicyclic amines) is 1. The molecule has 4 nitrogen and oxygen atoms in total. The molecule has 0 unspecified atom stereocenters. The fraction of sp³-hybridized carbons (Fsp3) is 0.500. The number of benzene rings is 1. The number of hydrogen-bond donors (Lipinski definition) is 1. The summed E-state index contributed by atoms with van der Waals surface area (Å²) in [6.45, 7) is 3.75. The van der Waals surface area contributed by atoms with Gasteiger partial charge < -0.3 is 10.2 Å². The molecule has 0 bridgehead atoms. The average molecular weight is 306 g/mol. The number of thioether (sulfide) groups is 1. The molecule has 2 amide bonds. The Morgan fingerprint density at radius 1 is 1.10 bits per heavy atom. The van der Waals surface area contributed by atoms with Gasteiger partial charge in [0.15, 0.2) is 0 Å². The van der Waals surface area contributed by atoms with E-state index in [0.717, 1.165) is 37.2 Å². The second kappa shape index (κ2) is 8.08. The highest BCUT2D eigenvalue weighted by atomic mass is 32.2. The Morgan fingerprint density at radius 3 is 2.43 bits per heavy atom. The third-order valence-corrected chi connectivity index (χ3v) is 4.42. The highest BCUT2D eigenvalue weighted by molar-refractivity contribution is 8.00. The highest BCUT2D eigenvalue weighted by Crippen LogP contribution is 2.12. The van der Waals surface area contributed by atoms with Crippen LogP contribution in [0, 0.1) is 6.92 Å². The molecule has 0 aromatic heterocycles. The molecule has 0 saturated carbocycles. The predicted molar refractivity (Wildman–Crippen MR) is 87.6 cm³/mol. The third kappa shape index (κ3) is 5.42. The van der Waals surface area contributed by atoms with E-state index in [1.165, 1.54) is 18.2 Å². The van der Waals surface area contributed by atoms with Gasteiger partial charge in [0.05, 0.1) is 11.5 Å². The van der Waals surface area contributed by atoms with Gasteiger partial charge in [-0.2, -0.15) is 0 Å². The van der Waals surface area contributed by atoms with Gasteiger partial charge >= 0.3 is 0 Å². The van der Waals surface area contributed by atoms with Gasteiger partial charge in [-0.1, -0.05) is 17.7 Å². The number of piperidine rings is 1. The smallest absolute Gasteiger partial charge is 0.234 e. The Bertz CT molecular complexity index is 482. The van der Waals surface area contributed by atoms with Crippen molar-refractivity contribution in [3.8, 4) is 0 Å². The summed E-state index contributed by atoms with van der Waals surface area (Å²) < 4.78 is 0. The van der Waals surface area contributed by atoms with Gasteiger partial charge in [-0.25, -0.2) is 0 Å². The molecule has 5 heteroatoms. The number of anilines is 1. The van der Waals surface area contributed by atoms with E-state index < -0.39 is 0 Å². The first-order valence-electron chi connectivity index (χ1n) is 7.37. The second-order valence-electron chi connectivity index (χ2n) is 5.35. The zero-order valence-electron chi connectivity index (χ0n) is 12.4. The van der Waals surface area contributed by atoms with E-state index >= 15 is 0 Å². The molecule has 1 N–H and O–H groups in total. The Labute approximate surface area is 130 Å². The van der Waals surface area contributed by atoms with E-state index in [2.05, 4.69) is 5.32 Å². The van der Waals surface area contributed by atoms with Crippen LogP contribution >= 0.6 is 11.8 Å². The highest BCUT2D eigenvalue weighted by Gasteiger charge is 2.16. The van der Waals surface area contributed by atoms with Crippen LogP contribution in [-0.4, -0.2) is 41.3 Å². The van der Waals surface area contributed by atoms with E-state index in [4.69, 9.17) is 0 Å². The third-order valence-electron chi connectivity index (χ3n) is 3.50. The van der Waals surface area contributed by atoms with Gasteiger partial charge in [0.2, 0.25) is 11.8 Å². The van der Waals surface area contributed by atoms with Crippen molar-refractivity contribution in [3.05, 3.63) is 29.8 Å². The number of carbonyl (C=O) groups excluding carboxylic acids is 2. The summed E-state index contributed by atoms with van der Waals surface area (Å²) in [6, 6.07) is 7.69. The minimum absolute atomic E-state index is 0.0599. The van der Waals surface area contributed by atoms with Crippen molar-refractivity contribution >= 4 is 29.3 Å². The summed E-state index contributed by atoms with van der Waals surface area (Å²) in [7, 11) is 0. The number of amides is 2. The molecule has 114 valence electrons. The summed E-state index contributed by atoms with van der Waals surface area (Å²) in [4.78, 5) is 25.7. The summed E-state index contributed by atoms with van der Waals surface area (Å²) in [6.07, 6.45) is 3.42. The maximum absolute atomic E-state index is 11.9. The number of aryl methyl sites for hydroxylation is 1.